The number of fused-ring (bicyclic) bond motifs is 1. The number of hydrogen-bond donors (Lipinski definition) is 1. The third-order valence-corrected chi connectivity index (χ3v) is 4.67. The minimum atomic E-state index is 0.193. The van der Waals surface area contributed by atoms with Gasteiger partial charge in [0.05, 0.1) is 21.3 Å². The molecule has 4 nitrogen and oxygen atoms in total. The van der Waals surface area contributed by atoms with Crippen molar-refractivity contribution in [1.82, 2.24) is 5.32 Å². The monoisotopic (exact) mass is 351 g/mol. The van der Waals surface area contributed by atoms with Crippen molar-refractivity contribution in [3.8, 4) is 17.2 Å². The lowest BCUT2D eigenvalue weighted by Crippen LogP contribution is -2.19. The Morgan fingerprint density at radius 1 is 0.808 bits per heavy atom. The molecule has 0 bridgehead atoms. The summed E-state index contributed by atoms with van der Waals surface area (Å²) < 4.78 is 16.4. The van der Waals surface area contributed by atoms with Gasteiger partial charge in [-0.05, 0) is 29.3 Å². The van der Waals surface area contributed by atoms with Gasteiger partial charge in [0.15, 0.2) is 11.5 Å². The fourth-order valence-electron chi connectivity index (χ4n) is 3.30. The smallest absolute Gasteiger partial charge is 0.203 e. The molecule has 0 amide bonds. The number of nitrogens with one attached hydrogen (secondary N) is 1. The largest absolute Gasteiger partial charge is 0.493 e. The van der Waals surface area contributed by atoms with E-state index in [4.69, 9.17) is 14.2 Å². The molecular formula is C22H25NO3. The summed E-state index contributed by atoms with van der Waals surface area (Å²) in [6.45, 7) is 2.84. The van der Waals surface area contributed by atoms with Crippen molar-refractivity contribution in [2.45, 2.75) is 19.5 Å². The van der Waals surface area contributed by atoms with Crippen LogP contribution in [0.1, 0.15) is 24.1 Å². The molecule has 0 aliphatic heterocycles. The van der Waals surface area contributed by atoms with Crippen molar-refractivity contribution >= 4 is 10.8 Å². The Balaban J connectivity index is 1.84. The summed E-state index contributed by atoms with van der Waals surface area (Å²) in [5.74, 6) is 1.98. The summed E-state index contributed by atoms with van der Waals surface area (Å²) in [7, 11) is 4.89. The SMILES string of the molecule is COc1ccc(CN[C@H](C)c2cccc3ccccc23)c(OC)c1OC. The van der Waals surface area contributed by atoms with Crippen LogP contribution in [0.5, 0.6) is 17.2 Å². The average molecular weight is 351 g/mol. The normalized spacial score (nSPS) is 12.0. The maximum absolute atomic E-state index is 5.57. The molecule has 0 saturated heterocycles. The predicted octanol–water partition coefficient (Wildman–Crippen LogP) is 4.72. The van der Waals surface area contributed by atoms with Gasteiger partial charge in [0, 0.05) is 18.2 Å². The van der Waals surface area contributed by atoms with Crippen LogP contribution in [0.4, 0.5) is 0 Å². The maximum atomic E-state index is 5.57. The fraction of sp³-hybridized carbons (Fsp3) is 0.273. The number of ether oxygens (including phenoxy) is 3. The molecule has 1 N–H and O–H groups in total. The molecular weight excluding hydrogens is 326 g/mol. The van der Waals surface area contributed by atoms with Crippen molar-refractivity contribution in [2.24, 2.45) is 0 Å². The second-order valence-electron chi connectivity index (χ2n) is 6.16. The molecule has 0 aliphatic rings. The van der Waals surface area contributed by atoms with E-state index in [0.717, 1.165) is 5.56 Å². The van der Waals surface area contributed by atoms with Crippen LogP contribution in [0.2, 0.25) is 0 Å². The van der Waals surface area contributed by atoms with E-state index in [1.165, 1.54) is 16.3 Å². The summed E-state index contributed by atoms with van der Waals surface area (Å²) in [5, 5.41) is 6.12. The first-order chi connectivity index (χ1) is 12.7. The first-order valence-electron chi connectivity index (χ1n) is 8.68. The molecule has 0 radical (unpaired) electrons. The van der Waals surface area contributed by atoms with Gasteiger partial charge >= 0.3 is 0 Å². The van der Waals surface area contributed by atoms with E-state index in [9.17, 15) is 0 Å². The molecule has 0 spiro atoms. The summed E-state index contributed by atoms with van der Waals surface area (Å²) in [6.07, 6.45) is 0. The van der Waals surface area contributed by atoms with E-state index < -0.39 is 0 Å². The third-order valence-electron chi connectivity index (χ3n) is 4.67. The van der Waals surface area contributed by atoms with Gasteiger partial charge in [-0.15, -0.1) is 0 Å². The summed E-state index contributed by atoms with van der Waals surface area (Å²) in [4.78, 5) is 0. The quantitative estimate of drug-likeness (QED) is 0.669. The lowest BCUT2D eigenvalue weighted by atomic mass is 9.99. The number of hydrogen-bond acceptors (Lipinski definition) is 4. The van der Waals surface area contributed by atoms with Crippen molar-refractivity contribution in [3.05, 3.63) is 65.7 Å². The minimum absolute atomic E-state index is 0.193. The Hall–Kier alpha value is -2.72. The Morgan fingerprint density at radius 3 is 2.27 bits per heavy atom. The average Bonchev–Trinajstić information content (AvgIpc) is 2.70. The molecule has 4 heteroatoms. The Morgan fingerprint density at radius 2 is 1.54 bits per heavy atom. The molecule has 0 heterocycles. The molecule has 26 heavy (non-hydrogen) atoms. The Labute approximate surface area is 154 Å². The van der Waals surface area contributed by atoms with E-state index in [1.54, 1.807) is 21.3 Å². The van der Waals surface area contributed by atoms with Crippen LogP contribution in [0.25, 0.3) is 10.8 Å². The minimum Gasteiger partial charge on any atom is -0.493 e. The highest BCUT2D eigenvalue weighted by Gasteiger charge is 2.16. The summed E-state index contributed by atoms with van der Waals surface area (Å²) in [6, 6.07) is 19.0. The molecule has 136 valence electrons. The molecule has 1 atom stereocenters. The molecule has 3 rings (SSSR count). The van der Waals surface area contributed by atoms with E-state index in [-0.39, 0.29) is 6.04 Å². The van der Waals surface area contributed by atoms with Crippen LogP contribution in [-0.4, -0.2) is 21.3 Å². The highest BCUT2D eigenvalue weighted by atomic mass is 16.5. The second kappa shape index (κ2) is 8.11. The van der Waals surface area contributed by atoms with Crippen LogP contribution in [0, 0.1) is 0 Å². The molecule has 3 aromatic carbocycles. The van der Waals surface area contributed by atoms with Gasteiger partial charge in [0.2, 0.25) is 5.75 Å². The number of benzene rings is 3. The summed E-state index contributed by atoms with van der Waals surface area (Å²) >= 11 is 0. The highest BCUT2D eigenvalue weighted by molar-refractivity contribution is 5.86. The van der Waals surface area contributed by atoms with Crippen LogP contribution in [-0.2, 0) is 6.54 Å². The lowest BCUT2D eigenvalue weighted by Gasteiger charge is -2.19. The maximum Gasteiger partial charge on any atom is 0.203 e. The van der Waals surface area contributed by atoms with E-state index >= 15 is 0 Å². The zero-order valence-corrected chi connectivity index (χ0v) is 15.7. The van der Waals surface area contributed by atoms with Gasteiger partial charge in [0.25, 0.3) is 0 Å². The number of rotatable bonds is 7. The zero-order valence-electron chi connectivity index (χ0n) is 15.7. The van der Waals surface area contributed by atoms with E-state index in [2.05, 4.69) is 54.7 Å². The summed E-state index contributed by atoms with van der Waals surface area (Å²) in [5.41, 5.74) is 2.31. The van der Waals surface area contributed by atoms with Crippen molar-refractivity contribution < 1.29 is 14.2 Å². The van der Waals surface area contributed by atoms with Crippen LogP contribution in [0.15, 0.2) is 54.6 Å². The van der Waals surface area contributed by atoms with Crippen LogP contribution in [0.3, 0.4) is 0 Å². The van der Waals surface area contributed by atoms with Gasteiger partial charge in [-0.2, -0.15) is 0 Å². The Kier molecular flexibility index (Phi) is 5.64. The molecule has 0 aliphatic carbocycles. The van der Waals surface area contributed by atoms with Crippen molar-refractivity contribution in [1.29, 1.82) is 0 Å². The number of methoxy groups -OCH3 is 3. The lowest BCUT2D eigenvalue weighted by molar-refractivity contribution is 0.321. The van der Waals surface area contributed by atoms with Gasteiger partial charge in [0.1, 0.15) is 0 Å². The first-order valence-corrected chi connectivity index (χ1v) is 8.68. The molecule has 0 aromatic heterocycles. The molecule has 3 aromatic rings. The first kappa shape index (κ1) is 18.1. The topological polar surface area (TPSA) is 39.7 Å². The van der Waals surface area contributed by atoms with Gasteiger partial charge < -0.3 is 19.5 Å². The predicted molar refractivity (Wildman–Crippen MR) is 105 cm³/mol. The van der Waals surface area contributed by atoms with Gasteiger partial charge in [-0.1, -0.05) is 48.5 Å². The third kappa shape index (κ3) is 3.46. The van der Waals surface area contributed by atoms with Crippen molar-refractivity contribution in [2.75, 3.05) is 21.3 Å². The highest BCUT2D eigenvalue weighted by Crippen LogP contribution is 2.39. The van der Waals surface area contributed by atoms with Crippen molar-refractivity contribution in [3.63, 3.8) is 0 Å². The van der Waals surface area contributed by atoms with E-state index in [1.807, 2.05) is 12.1 Å². The van der Waals surface area contributed by atoms with Crippen LogP contribution < -0.4 is 19.5 Å². The van der Waals surface area contributed by atoms with Gasteiger partial charge in [-0.3, -0.25) is 0 Å². The Bertz CT molecular complexity index is 886. The fourth-order valence-corrected chi connectivity index (χ4v) is 3.30. The van der Waals surface area contributed by atoms with Crippen LogP contribution >= 0.6 is 0 Å². The molecule has 0 unspecified atom stereocenters. The van der Waals surface area contributed by atoms with Gasteiger partial charge in [-0.25, -0.2) is 0 Å². The zero-order chi connectivity index (χ0) is 18.5. The molecule has 0 saturated carbocycles. The molecule has 0 fully saturated rings. The standard InChI is InChI=1S/C22H25NO3/c1-15(18-11-7-9-16-8-5-6-10-19(16)18)23-14-17-12-13-20(24-2)22(26-4)21(17)25-3/h5-13,15,23H,14H2,1-4H3/t15-/m1/s1. The second-order valence-corrected chi connectivity index (χ2v) is 6.16. The van der Waals surface area contributed by atoms with E-state index in [0.29, 0.717) is 23.8 Å².